The van der Waals surface area contributed by atoms with E-state index in [0.717, 1.165) is 6.08 Å². The van der Waals surface area contributed by atoms with Crippen molar-refractivity contribution in [3.8, 4) is 0 Å². The van der Waals surface area contributed by atoms with Gasteiger partial charge in [0.2, 0.25) is 0 Å². The first-order valence-electron chi connectivity index (χ1n) is 3.09. The van der Waals surface area contributed by atoms with E-state index in [-0.39, 0.29) is 18.7 Å². The van der Waals surface area contributed by atoms with Gasteiger partial charge in [-0.05, 0) is 6.54 Å². The zero-order chi connectivity index (χ0) is 8.85. The Morgan fingerprint density at radius 2 is 2.09 bits per heavy atom. The summed E-state index contributed by atoms with van der Waals surface area (Å²) in [5.41, 5.74) is 5.06. The Morgan fingerprint density at radius 3 is 2.45 bits per heavy atom. The summed E-state index contributed by atoms with van der Waals surface area (Å²) in [5, 5.41) is 17.3. The largest absolute Gasteiger partial charge is 0.505 e. The lowest BCUT2D eigenvalue weighted by molar-refractivity contribution is -0.114. The van der Waals surface area contributed by atoms with Gasteiger partial charge in [0.05, 0.1) is 0 Å². The fraction of sp³-hybridized carbons (Fsp3) is 0.286. The molecule has 0 rings (SSSR count). The molecule has 0 aliphatic carbocycles. The van der Waals surface area contributed by atoms with E-state index >= 15 is 0 Å². The van der Waals surface area contributed by atoms with Crippen LogP contribution in [0.1, 0.15) is 6.42 Å². The van der Waals surface area contributed by atoms with Gasteiger partial charge < -0.3 is 15.9 Å². The Balaban J connectivity index is 4.08. The van der Waals surface area contributed by atoms with Crippen molar-refractivity contribution in [1.82, 2.24) is 0 Å². The molecule has 0 saturated carbocycles. The number of hydrogen-bond donors (Lipinski definition) is 3. The molecule has 62 valence electrons. The Kier molecular flexibility index (Phi) is 3.98. The van der Waals surface area contributed by atoms with Crippen molar-refractivity contribution in [3.05, 3.63) is 24.2 Å². The van der Waals surface area contributed by atoms with Gasteiger partial charge in [-0.2, -0.15) is 0 Å². The zero-order valence-electron chi connectivity index (χ0n) is 6.08. The van der Waals surface area contributed by atoms with Gasteiger partial charge in [0.15, 0.2) is 11.5 Å². The van der Waals surface area contributed by atoms with Gasteiger partial charge in [-0.1, -0.05) is 6.58 Å². The second-order valence-corrected chi connectivity index (χ2v) is 1.98. The van der Waals surface area contributed by atoms with E-state index in [1.54, 1.807) is 0 Å². The number of carbonyl (C=O) groups is 1. The highest BCUT2D eigenvalue weighted by Crippen LogP contribution is 1.99. The third-order valence-electron chi connectivity index (χ3n) is 0.984. The first kappa shape index (κ1) is 9.71. The lowest BCUT2D eigenvalue weighted by Gasteiger charge is -1.94. The molecule has 0 heterocycles. The highest BCUT2D eigenvalue weighted by Gasteiger charge is 2.00. The molecule has 0 aliphatic heterocycles. The minimum absolute atomic E-state index is 0.150. The first-order chi connectivity index (χ1) is 5.07. The first-order valence-corrected chi connectivity index (χ1v) is 3.09. The molecule has 0 fully saturated rings. The summed E-state index contributed by atoms with van der Waals surface area (Å²) in [6, 6.07) is 0. The van der Waals surface area contributed by atoms with E-state index in [1.165, 1.54) is 0 Å². The molecule has 4 N–H and O–H groups in total. The molecule has 0 atom stereocenters. The van der Waals surface area contributed by atoms with Crippen LogP contribution in [-0.4, -0.2) is 22.5 Å². The Morgan fingerprint density at radius 1 is 1.55 bits per heavy atom. The number of rotatable bonds is 4. The average Bonchev–Trinajstić information content (AvgIpc) is 1.87. The van der Waals surface area contributed by atoms with Crippen LogP contribution in [0.15, 0.2) is 24.2 Å². The van der Waals surface area contributed by atoms with Crippen LogP contribution in [0.25, 0.3) is 0 Å². The lowest BCUT2D eigenvalue weighted by atomic mass is 10.2. The highest BCUT2D eigenvalue weighted by molar-refractivity contribution is 5.90. The average molecular weight is 157 g/mol. The summed E-state index contributed by atoms with van der Waals surface area (Å²) in [7, 11) is 0. The third-order valence-corrected chi connectivity index (χ3v) is 0.984. The molecule has 0 spiro atoms. The third kappa shape index (κ3) is 4.16. The Labute approximate surface area is 64.6 Å². The summed E-state index contributed by atoms with van der Waals surface area (Å²) < 4.78 is 0. The maximum atomic E-state index is 10.7. The predicted molar refractivity (Wildman–Crippen MR) is 41.2 cm³/mol. The van der Waals surface area contributed by atoms with Crippen LogP contribution in [0.2, 0.25) is 0 Å². The van der Waals surface area contributed by atoms with Crippen LogP contribution < -0.4 is 5.73 Å². The predicted octanol–water partition coefficient (Wildman–Crippen LogP) is 0.418. The Bertz CT molecular complexity index is 196. The van der Waals surface area contributed by atoms with Crippen LogP contribution in [-0.2, 0) is 4.79 Å². The minimum Gasteiger partial charge on any atom is -0.505 e. The van der Waals surface area contributed by atoms with Crippen molar-refractivity contribution in [3.63, 3.8) is 0 Å². The summed E-state index contributed by atoms with van der Waals surface area (Å²) in [6.45, 7) is 3.24. The van der Waals surface area contributed by atoms with Crippen molar-refractivity contribution < 1.29 is 15.0 Å². The lowest BCUT2D eigenvalue weighted by Crippen LogP contribution is -2.06. The summed E-state index contributed by atoms with van der Waals surface area (Å²) in [5.74, 6) is -1.36. The van der Waals surface area contributed by atoms with Gasteiger partial charge in [0, 0.05) is 12.5 Å². The zero-order valence-corrected chi connectivity index (χ0v) is 6.08. The van der Waals surface area contributed by atoms with Gasteiger partial charge >= 0.3 is 0 Å². The standard InChI is InChI=1S/C7H11NO3/c1-5(9)7(11)4-6(10)2-3-8/h4,9,11H,1-3,8H2/b7-4+. The summed E-state index contributed by atoms with van der Waals surface area (Å²) in [4.78, 5) is 10.7. The normalized spacial score (nSPS) is 11.2. The minimum atomic E-state index is -0.518. The van der Waals surface area contributed by atoms with Crippen molar-refractivity contribution in [2.24, 2.45) is 5.73 Å². The molecule has 0 aromatic heterocycles. The van der Waals surface area contributed by atoms with E-state index < -0.39 is 11.5 Å². The molecule has 0 radical (unpaired) electrons. The van der Waals surface area contributed by atoms with Crippen molar-refractivity contribution >= 4 is 5.78 Å². The van der Waals surface area contributed by atoms with E-state index in [1.807, 2.05) is 0 Å². The van der Waals surface area contributed by atoms with Crippen molar-refractivity contribution in [1.29, 1.82) is 0 Å². The smallest absolute Gasteiger partial charge is 0.160 e. The molecule has 0 bridgehead atoms. The van der Waals surface area contributed by atoms with Gasteiger partial charge in [0.25, 0.3) is 0 Å². The van der Waals surface area contributed by atoms with Crippen LogP contribution in [0.3, 0.4) is 0 Å². The fourth-order valence-electron chi connectivity index (χ4n) is 0.450. The maximum absolute atomic E-state index is 10.7. The second kappa shape index (κ2) is 4.51. The maximum Gasteiger partial charge on any atom is 0.160 e. The summed E-state index contributed by atoms with van der Waals surface area (Å²) in [6.07, 6.45) is 1.05. The van der Waals surface area contributed by atoms with Gasteiger partial charge in [-0.3, -0.25) is 4.79 Å². The quantitative estimate of drug-likeness (QED) is 0.313. The molecule has 0 aliphatic rings. The number of aliphatic hydroxyl groups excluding tert-OH is 2. The van der Waals surface area contributed by atoms with Gasteiger partial charge in [-0.25, -0.2) is 0 Å². The molecule has 0 aromatic rings. The monoisotopic (exact) mass is 157 g/mol. The molecule has 0 amide bonds. The van der Waals surface area contributed by atoms with E-state index in [9.17, 15) is 4.79 Å². The van der Waals surface area contributed by atoms with E-state index in [4.69, 9.17) is 15.9 Å². The van der Waals surface area contributed by atoms with E-state index in [0.29, 0.717) is 0 Å². The molecular weight excluding hydrogens is 146 g/mol. The van der Waals surface area contributed by atoms with Crippen LogP contribution in [0.5, 0.6) is 0 Å². The SMILES string of the molecule is C=C(O)/C(O)=C\C(=O)CCN. The van der Waals surface area contributed by atoms with Crippen molar-refractivity contribution in [2.45, 2.75) is 6.42 Å². The number of nitrogens with two attached hydrogens (primary N) is 1. The molecule has 0 saturated heterocycles. The van der Waals surface area contributed by atoms with Crippen LogP contribution in [0.4, 0.5) is 0 Å². The molecule has 11 heavy (non-hydrogen) atoms. The van der Waals surface area contributed by atoms with Gasteiger partial charge in [0.1, 0.15) is 5.76 Å². The highest BCUT2D eigenvalue weighted by atomic mass is 16.3. The van der Waals surface area contributed by atoms with Crippen LogP contribution in [0, 0.1) is 0 Å². The molecular formula is C7H11NO3. The molecule has 0 unspecified atom stereocenters. The Hall–Kier alpha value is -1.29. The van der Waals surface area contributed by atoms with Crippen molar-refractivity contribution in [2.75, 3.05) is 6.54 Å². The van der Waals surface area contributed by atoms with E-state index in [2.05, 4.69) is 6.58 Å². The number of allylic oxidation sites excluding steroid dienone is 1. The molecule has 4 heteroatoms. The number of carbonyl (C=O) groups excluding carboxylic acids is 1. The fourth-order valence-corrected chi connectivity index (χ4v) is 0.450. The molecule has 4 nitrogen and oxygen atoms in total. The van der Waals surface area contributed by atoms with Gasteiger partial charge in [-0.15, -0.1) is 0 Å². The molecule has 0 aromatic carbocycles. The topological polar surface area (TPSA) is 83.5 Å². The second-order valence-electron chi connectivity index (χ2n) is 1.98. The van der Waals surface area contributed by atoms with Crippen LogP contribution >= 0.6 is 0 Å². The number of hydrogen-bond acceptors (Lipinski definition) is 4. The number of aliphatic hydroxyl groups is 2. The number of ketones is 1. The summed E-state index contributed by atoms with van der Waals surface area (Å²) >= 11 is 0.